The summed E-state index contributed by atoms with van der Waals surface area (Å²) >= 11 is 11.8. The van der Waals surface area contributed by atoms with Gasteiger partial charge in [0.25, 0.3) is 5.91 Å². The maximum Gasteiger partial charge on any atom is 0.274 e. The third-order valence-corrected chi connectivity index (χ3v) is 3.15. The summed E-state index contributed by atoms with van der Waals surface area (Å²) in [6.45, 7) is 0. The molecular weight excluding hydrogens is 303 g/mol. The van der Waals surface area contributed by atoms with Crippen LogP contribution in [0.25, 0.3) is 11.2 Å². The van der Waals surface area contributed by atoms with Crippen molar-refractivity contribution in [2.45, 2.75) is 0 Å². The van der Waals surface area contributed by atoms with Crippen molar-refractivity contribution in [1.29, 1.82) is 0 Å². The molecular formula is C11H8Cl2N6O. The molecule has 9 heteroatoms. The molecule has 0 spiro atoms. The number of aromatic amines is 1. The highest BCUT2D eigenvalue weighted by atomic mass is 35.5. The zero-order chi connectivity index (χ0) is 14.3. The third kappa shape index (κ3) is 2.21. The van der Waals surface area contributed by atoms with E-state index in [1.54, 1.807) is 23.9 Å². The first kappa shape index (κ1) is 12.9. The van der Waals surface area contributed by atoms with Crippen LogP contribution in [0.5, 0.6) is 0 Å². The van der Waals surface area contributed by atoms with Crippen molar-refractivity contribution in [1.82, 2.24) is 24.5 Å². The van der Waals surface area contributed by atoms with Gasteiger partial charge in [-0.15, -0.1) is 0 Å². The standard InChI is InChI=1S/C11H8Cl2N6O/c1-19-3-5(12)2-6(19)10(20)18-11-16-8(13)7-9(17-11)15-4-14-7/h2-4H,1H3,(H2,14,15,16,17,18,20). The lowest BCUT2D eigenvalue weighted by Crippen LogP contribution is -2.17. The molecule has 2 N–H and O–H groups in total. The van der Waals surface area contributed by atoms with Crippen molar-refractivity contribution < 1.29 is 4.79 Å². The van der Waals surface area contributed by atoms with Crippen molar-refractivity contribution in [2.24, 2.45) is 7.05 Å². The van der Waals surface area contributed by atoms with E-state index in [2.05, 4.69) is 25.3 Å². The first-order valence-electron chi connectivity index (χ1n) is 5.54. The van der Waals surface area contributed by atoms with Gasteiger partial charge in [0, 0.05) is 13.2 Å². The summed E-state index contributed by atoms with van der Waals surface area (Å²) < 4.78 is 1.60. The Labute approximate surface area is 123 Å². The predicted octanol–water partition coefficient (Wildman–Crippen LogP) is 2.25. The Morgan fingerprint density at radius 3 is 2.90 bits per heavy atom. The fraction of sp³-hybridized carbons (Fsp3) is 0.0909. The first-order valence-corrected chi connectivity index (χ1v) is 6.30. The Morgan fingerprint density at radius 1 is 1.40 bits per heavy atom. The average Bonchev–Trinajstić information content (AvgIpc) is 2.95. The molecule has 3 rings (SSSR count). The van der Waals surface area contributed by atoms with Crippen LogP contribution in [0.2, 0.25) is 10.2 Å². The van der Waals surface area contributed by atoms with Gasteiger partial charge in [-0.1, -0.05) is 23.2 Å². The summed E-state index contributed by atoms with van der Waals surface area (Å²) in [7, 11) is 1.71. The molecule has 0 atom stereocenters. The van der Waals surface area contributed by atoms with E-state index in [-0.39, 0.29) is 17.0 Å². The summed E-state index contributed by atoms with van der Waals surface area (Å²) in [4.78, 5) is 26.9. The molecule has 0 unspecified atom stereocenters. The SMILES string of the molecule is Cn1cc(Cl)cc1C(=O)Nc1nc(Cl)c2[nH]cnc2n1. The third-order valence-electron chi connectivity index (χ3n) is 2.67. The monoisotopic (exact) mass is 310 g/mol. The highest BCUT2D eigenvalue weighted by Crippen LogP contribution is 2.19. The Bertz CT molecular complexity index is 808. The van der Waals surface area contributed by atoms with Gasteiger partial charge in [0.2, 0.25) is 5.95 Å². The minimum Gasteiger partial charge on any atom is -0.345 e. The fourth-order valence-electron chi connectivity index (χ4n) is 1.77. The fourth-order valence-corrected chi connectivity index (χ4v) is 2.24. The Balaban J connectivity index is 1.93. The highest BCUT2D eigenvalue weighted by Gasteiger charge is 2.14. The highest BCUT2D eigenvalue weighted by molar-refractivity contribution is 6.33. The molecule has 0 aliphatic carbocycles. The second-order valence-corrected chi connectivity index (χ2v) is 4.84. The number of nitrogens with zero attached hydrogens (tertiary/aromatic N) is 4. The van der Waals surface area contributed by atoms with Crippen molar-refractivity contribution in [3.63, 3.8) is 0 Å². The number of halogens is 2. The molecule has 0 bridgehead atoms. The molecule has 3 aromatic heterocycles. The number of hydrogen-bond donors (Lipinski definition) is 2. The van der Waals surface area contributed by atoms with Gasteiger partial charge in [0.15, 0.2) is 10.8 Å². The van der Waals surface area contributed by atoms with Gasteiger partial charge < -0.3 is 9.55 Å². The van der Waals surface area contributed by atoms with E-state index in [9.17, 15) is 4.79 Å². The van der Waals surface area contributed by atoms with Crippen LogP contribution in [-0.2, 0) is 7.05 Å². The molecule has 0 aromatic carbocycles. The number of fused-ring (bicyclic) bond motifs is 1. The van der Waals surface area contributed by atoms with Crippen LogP contribution in [0.4, 0.5) is 5.95 Å². The van der Waals surface area contributed by atoms with Gasteiger partial charge in [-0.25, -0.2) is 4.98 Å². The lowest BCUT2D eigenvalue weighted by atomic mass is 10.4. The summed E-state index contributed by atoms with van der Waals surface area (Å²) in [5.74, 6) is -0.303. The van der Waals surface area contributed by atoms with Gasteiger partial charge in [0.05, 0.1) is 11.3 Å². The van der Waals surface area contributed by atoms with E-state index < -0.39 is 0 Å². The van der Waals surface area contributed by atoms with E-state index in [4.69, 9.17) is 23.2 Å². The minimum absolute atomic E-state index is 0.0805. The van der Waals surface area contributed by atoms with Crippen molar-refractivity contribution in [2.75, 3.05) is 5.32 Å². The smallest absolute Gasteiger partial charge is 0.274 e. The number of anilines is 1. The van der Waals surface area contributed by atoms with E-state index >= 15 is 0 Å². The number of hydrogen-bond acceptors (Lipinski definition) is 4. The molecule has 0 radical (unpaired) electrons. The number of nitrogens with one attached hydrogen (secondary N) is 2. The molecule has 3 aromatic rings. The Kier molecular flexibility index (Phi) is 3.07. The number of H-pyrrole nitrogens is 1. The van der Waals surface area contributed by atoms with E-state index in [1.165, 1.54) is 6.33 Å². The molecule has 1 amide bonds. The molecule has 0 saturated carbocycles. The summed E-state index contributed by atoms with van der Waals surface area (Å²) in [6.07, 6.45) is 3.08. The second kappa shape index (κ2) is 4.77. The average molecular weight is 311 g/mol. The number of carbonyl (C=O) groups excluding carboxylic acids is 1. The number of rotatable bonds is 2. The Hall–Kier alpha value is -2.12. The topological polar surface area (TPSA) is 88.5 Å². The van der Waals surface area contributed by atoms with Crippen LogP contribution in [0.1, 0.15) is 10.5 Å². The molecule has 3 heterocycles. The minimum atomic E-state index is -0.384. The van der Waals surface area contributed by atoms with Crippen molar-refractivity contribution in [3.8, 4) is 0 Å². The van der Waals surface area contributed by atoms with E-state index in [0.29, 0.717) is 21.9 Å². The lowest BCUT2D eigenvalue weighted by Gasteiger charge is -2.04. The number of carbonyl (C=O) groups is 1. The normalized spacial score (nSPS) is 10.9. The van der Waals surface area contributed by atoms with Crippen molar-refractivity contribution in [3.05, 3.63) is 34.5 Å². The lowest BCUT2D eigenvalue weighted by molar-refractivity contribution is 0.101. The van der Waals surface area contributed by atoms with Gasteiger partial charge in [-0.2, -0.15) is 9.97 Å². The number of amides is 1. The first-order chi connectivity index (χ1) is 9.54. The van der Waals surface area contributed by atoms with Gasteiger partial charge in [-0.05, 0) is 6.07 Å². The largest absolute Gasteiger partial charge is 0.345 e. The molecule has 0 fully saturated rings. The molecule has 0 aliphatic rings. The van der Waals surface area contributed by atoms with Crippen LogP contribution in [0, 0.1) is 0 Å². The van der Waals surface area contributed by atoms with Crippen molar-refractivity contribution >= 4 is 46.2 Å². The van der Waals surface area contributed by atoms with Crippen LogP contribution in [0.15, 0.2) is 18.6 Å². The Morgan fingerprint density at radius 2 is 2.20 bits per heavy atom. The van der Waals surface area contributed by atoms with E-state index in [0.717, 1.165) is 0 Å². The van der Waals surface area contributed by atoms with E-state index in [1.807, 2.05) is 0 Å². The number of aryl methyl sites for hydroxylation is 1. The van der Waals surface area contributed by atoms with Crippen LogP contribution in [0.3, 0.4) is 0 Å². The zero-order valence-electron chi connectivity index (χ0n) is 10.2. The zero-order valence-corrected chi connectivity index (χ0v) is 11.7. The number of aromatic nitrogens is 5. The van der Waals surface area contributed by atoms with Gasteiger partial charge in [-0.3, -0.25) is 10.1 Å². The second-order valence-electron chi connectivity index (χ2n) is 4.05. The quantitative estimate of drug-likeness (QED) is 0.710. The summed E-state index contributed by atoms with van der Waals surface area (Å²) in [6, 6.07) is 1.55. The maximum atomic E-state index is 12.1. The predicted molar refractivity (Wildman–Crippen MR) is 75.1 cm³/mol. The van der Waals surface area contributed by atoms with Gasteiger partial charge >= 0.3 is 0 Å². The van der Waals surface area contributed by atoms with Gasteiger partial charge in [0.1, 0.15) is 11.2 Å². The molecule has 20 heavy (non-hydrogen) atoms. The maximum absolute atomic E-state index is 12.1. The van der Waals surface area contributed by atoms with Crippen LogP contribution in [-0.4, -0.2) is 30.4 Å². The molecule has 0 aliphatic heterocycles. The summed E-state index contributed by atoms with van der Waals surface area (Å²) in [5, 5.41) is 3.22. The molecule has 0 saturated heterocycles. The number of imidazole rings is 1. The van der Waals surface area contributed by atoms with Crippen LogP contribution >= 0.6 is 23.2 Å². The molecule has 102 valence electrons. The molecule has 7 nitrogen and oxygen atoms in total. The van der Waals surface area contributed by atoms with Crippen LogP contribution < -0.4 is 5.32 Å². The summed E-state index contributed by atoms with van der Waals surface area (Å²) in [5.41, 5.74) is 1.29.